The van der Waals surface area contributed by atoms with Gasteiger partial charge in [0.05, 0.1) is 5.54 Å². The molecule has 0 spiro atoms. The first-order valence-corrected chi connectivity index (χ1v) is 8.05. The van der Waals surface area contributed by atoms with Crippen LogP contribution in [0.25, 0.3) is 0 Å². The van der Waals surface area contributed by atoms with Crippen LogP contribution in [-0.2, 0) is 5.54 Å². The van der Waals surface area contributed by atoms with Crippen LogP contribution in [0.1, 0.15) is 40.2 Å². The molecular formula is C18H26ClN3. The molecule has 0 amide bonds. The summed E-state index contributed by atoms with van der Waals surface area (Å²) >= 11 is 5.99. The second-order valence-corrected chi connectivity index (χ2v) is 7.15. The maximum absolute atomic E-state index is 5.99. The third-order valence-electron chi connectivity index (χ3n) is 4.02. The van der Waals surface area contributed by atoms with Crippen molar-refractivity contribution in [3.63, 3.8) is 0 Å². The largest absolute Gasteiger partial charge is 0.361 e. The Morgan fingerprint density at radius 3 is 2.32 bits per heavy atom. The van der Waals surface area contributed by atoms with E-state index in [4.69, 9.17) is 11.6 Å². The van der Waals surface area contributed by atoms with Gasteiger partial charge < -0.3 is 5.32 Å². The van der Waals surface area contributed by atoms with Crippen molar-refractivity contribution in [1.82, 2.24) is 15.8 Å². The van der Waals surface area contributed by atoms with Crippen molar-refractivity contribution in [3.05, 3.63) is 58.0 Å². The third kappa shape index (κ3) is 3.58. The fourth-order valence-electron chi connectivity index (χ4n) is 2.64. The van der Waals surface area contributed by atoms with Gasteiger partial charge >= 0.3 is 0 Å². The monoisotopic (exact) mass is 319 g/mol. The second-order valence-electron chi connectivity index (χ2n) is 6.71. The van der Waals surface area contributed by atoms with Gasteiger partial charge in [0.1, 0.15) is 5.82 Å². The van der Waals surface area contributed by atoms with Crippen LogP contribution in [0.3, 0.4) is 0 Å². The Labute approximate surface area is 139 Å². The van der Waals surface area contributed by atoms with E-state index in [0.717, 1.165) is 10.8 Å². The van der Waals surface area contributed by atoms with E-state index in [1.54, 1.807) is 0 Å². The molecule has 2 N–H and O–H groups in total. The minimum atomic E-state index is -0.196. The summed E-state index contributed by atoms with van der Waals surface area (Å²) in [5.74, 6) is 1.52. The van der Waals surface area contributed by atoms with Crippen molar-refractivity contribution < 1.29 is 0 Å². The molecule has 2 rings (SSSR count). The van der Waals surface area contributed by atoms with Crippen LogP contribution in [0.15, 0.2) is 47.4 Å². The first kappa shape index (κ1) is 16.8. The summed E-state index contributed by atoms with van der Waals surface area (Å²) in [5.41, 5.74) is 6.94. The van der Waals surface area contributed by atoms with Crippen LogP contribution in [0.4, 0.5) is 0 Å². The fourth-order valence-corrected chi connectivity index (χ4v) is 2.77. The van der Waals surface area contributed by atoms with Crippen molar-refractivity contribution in [2.75, 3.05) is 7.05 Å². The standard InChI is InChI=1S/C18H26ClN3/c1-12(2)16-11-13(3)17(21-22(16)6)20-18(4,5)14-7-9-15(19)10-8-14/h7-12,20-21H,1-6H3. The van der Waals surface area contributed by atoms with E-state index in [0.29, 0.717) is 5.92 Å². The predicted octanol–water partition coefficient (Wildman–Crippen LogP) is 4.39. The number of benzene rings is 1. The second kappa shape index (κ2) is 6.25. The van der Waals surface area contributed by atoms with Gasteiger partial charge in [-0.2, -0.15) is 0 Å². The fraction of sp³-hybridized carbons (Fsp3) is 0.444. The van der Waals surface area contributed by atoms with E-state index < -0.39 is 0 Å². The Morgan fingerprint density at radius 2 is 1.77 bits per heavy atom. The van der Waals surface area contributed by atoms with Gasteiger partial charge in [0.25, 0.3) is 0 Å². The summed E-state index contributed by atoms with van der Waals surface area (Å²) in [7, 11) is 2.05. The highest BCUT2D eigenvalue weighted by molar-refractivity contribution is 6.30. The lowest BCUT2D eigenvalue weighted by atomic mass is 9.94. The Hall–Kier alpha value is -1.61. The Bertz CT molecular complexity index is 597. The normalized spacial score (nSPS) is 15.8. The number of hydrogen-bond donors (Lipinski definition) is 2. The van der Waals surface area contributed by atoms with E-state index in [2.05, 4.69) is 75.6 Å². The molecule has 4 heteroatoms. The summed E-state index contributed by atoms with van der Waals surface area (Å²) in [6.45, 7) is 10.9. The van der Waals surface area contributed by atoms with Crippen molar-refractivity contribution >= 4 is 11.6 Å². The smallest absolute Gasteiger partial charge is 0.121 e. The molecule has 0 bridgehead atoms. The van der Waals surface area contributed by atoms with Gasteiger partial charge in [0, 0.05) is 17.8 Å². The number of halogens is 1. The molecule has 1 heterocycles. The Kier molecular flexibility index (Phi) is 4.76. The van der Waals surface area contributed by atoms with Crippen LogP contribution in [0.2, 0.25) is 5.02 Å². The van der Waals surface area contributed by atoms with Crippen molar-refractivity contribution in [2.45, 2.75) is 40.2 Å². The average Bonchev–Trinajstić information content (AvgIpc) is 2.42. The first-order chi connectivity index (χ1) is 10.2. The number of allylic oxidation sites excluding steroid dienone is 3. The number of nitrogens with one attached hydrogen (secondary N) is 2. The van der Waals surface area contributed by atoms with Gasteiger partial charge in [-0.25, -0.2) is 0 Å². The zero-order chi connectivity index (χ0) is 16.5. The quantitative estimate of drug-likeness (QED) is 0.862. The van der Waals surface area contributed by atoms with E-state index in [1.807, 2.05) is 12.1 Å². The number of hydrazine groups is 1. The molecule has 1 aromatic carbocycles. The molecule has 0 fully saturated rings. The molecule has 0 unspecified atom stereocenters. The Balaban J connectivity index is 2.25. The van der Waals surface area contributed by atoms with Crippen molar-refractivity contribution in [2.24, 2.45) is 5.92 Å². The minimum Gasteiger partial charge on any atom is -0.361 e. The molecule has 1 aliphatic rings. The lowest BCUT2D eigenvalue weighted by molar-refractivity contribution is 0.269. The maximum atomic E-state index is 5.99. The molecule has 0 radical (unpaired) electrons. The van der Waals surface area contributed by atoms with Gasteiger partial charge in [0.2, 0.25) is 0 Å². The predicted molar refractivity (Wildman–Crippen MR) is 94.1 cm³/mol. The topological polar surface area (TPSA) is 27.3 Å². The van der Waals surface area contributed by atoms with Gasteiger partial charge in [-0.05, 0) is 56.0 Å². The SMILES string of the molecule is CC1=C(NC(C)(C)c2ccc(Cl)cc2)NN(C)C(C(C)C)=C1. The molecule has 0 saturated heterocycles. The van der Waals surface area contributed by atoms with E-state index in [-0.39, 0.29) is 5.54 Å². The van der Waals surface area contributed by atoms with Crippen LogP contribution >= 0.6 is 11.6 Å². The molecule has 0 aliphatic carbocycles. The highest BCUT2D eigenvalue weighted by atomic mass is 35.5. The van der Waals surface area contributed by atoms with E-state index >= 15 is 0 Å². The third-order valence-corrected chi connectivity index (χ3v) is 4.27. The van der Waals surface area contributed by atoms with Crippen LogP contribution in [0.5, 0.6) is 0 Å². The van der Waals surface area contributed by atoms with Crippen molar-refractivity contribution in [3.8, 4) is 0 Å². The summed E-state index contributed by atoms with van der Waals surface area (Å²) in [6, 6.07) is 7.98. The van der Waals surface area contributed by atoms with E-state index in [1.165, 1.54) is 16.8 Å². The zero-order valence-electron chi connectivity index (χ0n) is 14.3. The lowest BCUT2D eigenvalue weighted by Gasteiger charge is -2.37. The van der Waals surface area contributed by atoms with Crippen LogP contribution in [-0.4, -0.2) is 12.1 Å². The number of rotatable bonds is 4. The summed E-state index contributed by atoms with van der Waals surface area (Å²) in [5, 5.41) is 6.45. The van der Waals surface area contributed by atoms with Gasteiger partial charge in [0.15, 0.2) is 0 Å². The molecule has 22 heavy (non-hydrogen) atoms. The maximum Gasteiger partial charge on any atom is 0.121 e. The molecule has 0 saturated carbocycles. The Morgan fingerprint density at radius 1 is 1.18 bits per heavy atom. The zero-order valence-corrected chi connectivity index (χ0v) is 15.0. The highest BCUT2D eigenvalue weighted by Gasteiger charge is 2.24. The summed E-state index contributed by atoms with van der Waals surface area (Å²) in [6.07, 6.45) is 2.24. The minimum absolute atomic E-state index is 0.196. The molecule has 1 aromatic rings. The number of hydrogen-bond acceptors (Lipinski definition) is 3. The molecule has 0 atom stereocenters. The van der Waals surface area contributed by atoms with Gasteiger partial charge in [-0.1, -0.05) is 37.6 Å². The number of nitrogens with zero attached hydrogens (tertiary/aromatic N) is 1. The molecule has 120 valence electrons. The molecular weight excluding hydrogens is 294 g/mol. The van der Waals surface area contributed by atoms with Gasteiger partial charge in [-0.15, -0.1) is 0 Å². The highest BCUT2D eigenvalue weighted by Crippen LogP contribution is 2.26. The van der Waals surface area contributed by atoms with E-state index in [9.17, 15) is 0 Å². The molecule has 0 aromatic heterocycles. The lowest BCUT2D eigenvalue weighted by Crippen LogP contribution is -2.47. The first-order valence-electron chi connectivity index (χ1n) is 7.68. The molecule has 3 nitrogen and oxygen atoms in total. The van der Waals surface area contributed by atoms with Crippen LogP contribution < -0.4 is 10.7 Å². The van der Waals surface area contributed by atoms with Crippen LogP contribution in [0, 0.1) is 5.92 Å². The van der Waals surface area contributed by atoms with Gasteiger partial charge in [-0.3, -0.25) is 10.4 Å². The summed E-state index contributed by atoms with van der Waals surface area (Å²) in [4.78, 5) is 0. The average molecular weight is 320 g/mol. The summed E-state index contributed by atoms with van der Waals surface area (Å²) < 4.78 is 0. The van der Waals surface area contributed by atoms with Crippen molar-refractivity contribution in [1.29, 1.82) is 0 Å². The molecule has 1 aliphatic heterocycles.